The zero-order valence-electron chi connectivity index (χ0n) is 23.3. The molecule has 2 N–H and O–H groups in total. The summed E-state index contributed by atoms with van der Waals surface area (Å²) in [7, 11) is 1.30. The molecule has 0 bridgehead atoms. The normalized spacial score (nSPS) is 15.0. The van der Waals surface area contributed by atoms with Gasteiger partial charge in [-0.05, 0) is 30.2 Å². The van der Waals surface area contributed by atoms with Crippen LogP contribution in [0.5, 0.6) is 5.06 Å². The van der Waals surface area contributed by atoms with Gasteiger partial charge >= 0.3 is 5.97 Å². The lowest BCUT2D eigenvalue weighted by Gasteiger charge is -2.40. The minimum absolute atomic E-state index is 0.00855. The van der Waals surface area contributed by atoms with Crippen LogP contribution in [0.1, 0.15) is 51.2 Å². The topological polar surface area (TPSA) is 128 Å². The Bertz CT molecular complexity index is 1330. The van der Waals surface area contributed by atoms with Gasteiger partial charge in [0.25, 0.3) is 5.91 Å². The SMILES string of the molecule is CCCC.CC[C@H]1C(=O)N(Cc2ccc3c(N)ncnc3c2)CCN1C(=O)COc1sc(Cl)cc1CC(=O)OC. The molecule has 4 rings (SSSR count). The fourth-order valence-corrected chi connectivity index (χ4v) is 5.29. The van der Waals surface area contributed by atoms with Gasteiger partial charge < -0.3 is 25.0 Å². The quantitative estimate of drug-likeness (QED) is 0.362. The maximum atomic E-state index is 13.3. The van der Waals surface area contributed by atoms with Crippen LogP contribution in [0.25, 0.3) is 10.9 Å². The lowest BCUT2D eigenvalue weighted by molar-refractivity contribution is -0.153. The van der Waals surface area contributed by atoms with Crippen LogP contribution in [0.3, 0.4) is 0 Å². The Morgan fingerprint density at radius 2 is 1.90 bits per heavy atom. The molecule has 3 aromatic rings. The Morgan fingerprint density at radius 1 is 1.15 bits per heavy atom. The van der Waals surface area contributed by atoms with Crippen molar-refractivity contribution in [3.8, 4) is 5.06 Å². The second-order valence-corrected chi connectivity index (χ2v) is 10.9. The predicted octanol–water partition coefficient (Wildman–Crippen LogP) is 4.48. The highest BCUT2D eigenvalue weighted by Gasteiger charge is 2.36. The number of ether oxygens (including phenoxy) is 2. The smallest absolute Gasteiger partial charge is 0.310 e. The molecule has 1 aliphatic rings. The number of carbonyl (C=O) groups is 3. The van der Waals surface area contributed by atoms with Crippen LogP contribution in [0.2, 0.25) is 4.34 Å². The van der Waals surface area contributed by atoms with Crippen LogP contribution < -0.4 is 10.5 Å². The Morgan fingerprint density at radius 3 is 2.58 bits per heavy atom. The number of esters is 1. The molecule has 1 fully saturated rings. The van der Waals surface area contributed by atoms with Crippen molar-refractivity contribution in [2.75, 3.05) is 32.5 Å². The van der Waals surface area contributed by atoms with Crippen molar-refractivity contribution in [3.05, 3.63) is 46.1 Å². The molecule has 0 aliphatic carbocycles. The summed E-state index contributed by atoms with van der Waals surface area (Å²) in [4.78, 5) is 49.5. The number of nitrogens with zero attached hydrogens (tertiary/aromatic N) is 4. The molecule has 2 aromatic heterocycles. The van der Waals surface area contributed by atoms with Gasteiger partial charge in [-0.3, -0.25) is 14.4 Å². The number of aromatic nitrogens is 2. The van der Waals surface area contributed by atoms with E-state index in [2.05, 4.69) is 23.8 Å². The number of thiophene rings is 1. The van der Waals surface area contributed by atoms with E-state index in [4.69, 9.17) is 26.8 Å². The van der Waals surface area contributed by atoms with Gasteiger partial charge in [-0.25, -0.2) is 9.97 Å². The monoisotopic (exact) mass is 589 g/mol. The minimum Gasteiger partial charge on any atom is -0.474 e. The lowest BCUT2D eigenvalue weighted by atomic mass is 10.1. The van der Waals surface area contributed by atoms with Crippen molar-refractivity contribution < 1.29 is 23.9 Å². The average Bonchev–Trinajstić information content (AvgIpc) is 3.31. The number of nitrogen functional groups attached to an aromatic ring is 1. The van der Waals surface area contributed by atoms with E-state index in [0.29, 0.717) is 52.4 Å². The van der Waals surface area contributed by atoms with E-state index in [0.717, 1.165) is 22.3 Å². The van der Waals surface area contributed by atoms with Crippen LogP contribution in [0, 0.1) is 0 Å². The lowest BCUT2D eigenvalue weighted by Crippen LogP contribution is -2.59. The molecule has 216 valence electrons. The summed E-state index contributed by atoms with van der Waals surface area (Å²) in [5, 5.41) is 1.15. The standard InChI is InChI=1S/C24H26ClN5O5S.C4H10/c1-3-18-23(33)29(11-14-4-5-16-17(8-14)27-13-28-22(16)26)6-7-30(18)20(31)12-35-24-15(9-19(25)36-24)10-21(32)34-2;1-3-4-2/h4-5,8-9,13,18H,3,6-7,10-12H2,1-2H3,(H2,26,27,28);3-4H2,1-2H3/t18-;/m0./s1. The fraction of sp³-hybridized carbons (Fsp3) is 0.464. The number of halogens is 1. The number of amides is 2. The molecule has 0 spiro atoms. The molecular formula is C28H36ClN5O5S. The van der Waals surface area contributed by atoms with Crippen molar-refractivity contribution in [2.24, 2.45) is 0 Å². The van der Waals surface area contributed by atoms with Gasteiger partial charge in [0.15, 0.2) is 11.7 Å². The second kappa shape index (κ2) is 14.8. The molecule has 2 amide bonds. The van der Waals surface area contributed by atoms with Gasteiger partial charge in [0.2, 0.25) is 5.91 Å². The number of nitrogens with two attached hydrogens (primary N) is 1. The number of carbonyl (C=O) groups excluding carboxylic acids is 3. The molecule has 1 aromatic carbocycles. The summed E-state index contributed by atoms with van der Waals surface area (Å²) < 4.78 is 10.8. The van der Waals surface area contributed by atoms with E-state index >= 15 is 0 Å². The number of hydrogen-bond acceptors (Lipinski definition) is 9. The Labute approximate surface area is 243 Å². The van der Waals surface area contributed by atoms with Crippen LogP contribution >= 0.6 is 22.9 Å². The van der Waals surface area contributed by atoms with Crippen LogP contribution in [0.15, 0.2) is 30.6 Å². The van der Waals surface area contributed by atoms with Gasteiger partial charge in [-0.2, -0.15) is 0 Å². The molecule has 10 nitrogen and oxygen atoms in total. The van der Waals surface area contributed by atoms with Crippen molar-refractivity contribution in [1.29, 1.82) is 0 Å². The first-order valence-corrected chi connectivity index (χ1v) is 14.5. The average molecular weight is 590 g/mol. The molecule has 1 saturated heterocycles. The van der Waals surface area contributed by atoms with Crippen LogP contribution in [0.4, 0.5) is 5.82 Å². The van der Waals surface area contributed by atoms with Gasteiger partial charge in [-0.15, -0.1) is 0 Å². The molecule has 0 unspecified atom stereocenters. The molecule has 3 heterocycles. The summed E-state index contributed by atoms with van der Waals surface area (Å²) in [6, 6.07) is 6.68. The Balaban J connectivity index is 0.00000103. The van der Waals surface area contributed by atoms with Crippen LogP contribution in [-0.4, -0.2) is 70.4 Å². The number of unbranched alkanes of at least 4 members (excludes halogenated alkanes) is 1. The van der Waals surface area contributed by atoms with Crippen LogP contribution in [-0.2, 0) is 32.1 Å². The summed E-state index contributed by atoms with van der Waals surface area (Å²) in [6.45, 7) is 7.15. The Kier molecular flexibility index (Phi) is 11.5. The first kappa shape index (κ1) is 31.1. The summed E-state index contributed by atoms with van der Waals surface area (Å²) in [6.07, 6.45) is 4.51. The maximum Gasteiger partial charge on any atom is 0.310 e. The van der Waals surface area contributed by atoms with E-state index < -0.39 is 12.0 Å². The minimum atomic E-state index is -0.588. The molecule has 40 heavy (non-hydrogen) atoms. The van der Waals surface area contributed by atoms with Crippen molar-refractivity contribution in [2.45, 2.75) is 59.0 Å². The highest BCUT2D eigenvalue weighted by Crippen LogP contribution is 2.34. The second-order valence-electron chi connectivity index (χ2n) is 9.29. The fourth-order valence-electron chi connectivity index (χ4n) is 4.19. The Hall–Kier alpha value is -3.44. The van der Waals surface area contributed by atoms with E-state index in [1.165, 1.54) is 26.3 Å². The summed E-state index contributed by atoms with van der Waals surface area (Å²) >= 11 is 7.21. The summed E-state index contributed by atoms with van der Waals surface area (Å²) in [5.41, 5.74) is 8.09. The third-order valence-electron chi connectivity index (χ3n) is 6.53. The predicted molar refractivity (Wildman–Crippen MR) is 156 cm³/mol. The first-order chi connectivity index (χ1) is 19.2. The number of piperazine rings is 1. The third-order valence-corrected chi connectivity index (χ3v) is 7.74. The zero-order chi connectivity index (χ0) is 29.2. The number of benzene rings is 1. The number of anilines is 1. The van der Waals surface area contributed by atoms with Crippen molar-refractivity contribution in [1.82, 2.24) is 19.8 Å². The number of fused-ring (bicyclic) bond motifs is 1. The van der Waals surface area contributed by atoms with E-state index in [-0.39, 0.29) is 24.8 Å². The molecule has 1 atom stereocenters. The van der Waals surface area contributed by atoms with Gasteiger partial charge in [0, 0.05) is 30.6 Å². The number of methoxy groups -OCH3 is 1. The van der Waals surface area contributed by atoms with Gasteiger partial charge in [0.05, 0.1) is 23.4 Å². The highest BCUT2D eigenvalue weighted by molar-refractivity contribution is 7.18. The third kappa shape index (κ3) is 7.82. The first-order valence-electron chi connectivity index (χ1n) is 13.3. The zero-order valence-corrected chi connectivity index (χ0v) is 24.9. The summed E-state index contributed by atoms with van der Waals surface area (Å²) in [5.74, 6) is -0.452. The van der Waals surface area contributed by atoms with Crippen molar-refractivity contribution >= 4 is 57.4 Å². The van der Waals surface area contributed by atoms with Crippen molar-refractivity contribution in [3.63, 3.8) is 0 Å². The van der Waals surface area contributed by atoms with Gasteiger partial charge in [-0.1, -0.05) is 62.6 Å². The highest BCUT2D eigenvalue weighted by atomic mass is 35.5. The molecule has 1 aliphatic heterocycles. The van der Waals surface area contributed by atoms with E-state index in [1.54, 1.807) is 15.9 Å². The van der Waals surface area contributed by atoms with Gasteiger partial charge in [0.1, 0.15) is 18.2 Å². The van der Waals surface area contributed by atoms with E-state index in [9.17, 15) is 14.4 Å². The maximum absolute atomic E-state index is 13.3. The number of hydrogen-bond donors (Lipinski definition) is 1. The molecule has 0 saturated carbocycles. The molecule has 12 heteroatoms. The molecule has 0 radical (unpaired) electrons. The molecular weight excluding hydrogens is 554 g/mol. The number of rotatable bonds is 9. The largest absolute Gasteiger partial charge is 0.474 e. The van der Waals surface area contributed by atoms with E-state index in [1.807, 2.05) is 25.1 Å².